The molecule has 1 aliphatic carbocycles. The summed E-state index contributed by atoms with van der Waals surface area (Å²) in [6, 6.07) is 0.517. The number of aliphatic hydroxyl groups is 1. The molecule has 0 radical (unpaired) electrons. The minimum Gasteiger partial charge on any atom is -0.383 e. The summed E-state index contributed by atoms with van der Waals surface area (Å²) < 4.78 is 4.32. The Bertz CT molecular complexity index is 558. The zero-order chi connectivity index (χ0) is 12.7. The van der Waals surface area contributed by atoms with Gasteiger partial charge in [-0.2, -0.15) is 10.2 Å². The Labute approximate surface area is 114 Å². The molecule has 0 spiro atoms. The second kappa shape index (κ2) is 4.51. The van der Waals surface area contributed by atoms with Crippen LogP contribution >= 0.6 is 15.9 Å². The number of halogens is 1. The van der Waals surface area contributed by atoms with Crippen molar-refractivity contribution in [3.63, 3.8) is 0 Å². The van der Waals surface area contributed by atoms with E-state index in [9.17, 15) is 5.11 Å². The highest BCUT2D eigenvalue weighted by molar-refractivity contribution is 9.10. The van der Waals surface area contributed by atoms with Crippen molar-refractivity contribution in [2.45, 2.75) is 31.4 Å². The highest BCUT2D eigenvalue weighted by Gasteiger charge is 2.23. The van der Waals surface area contributed by atoms with Crippen LogP contribution in [0.2, 0.25) is 0 Å². The number of nitrogens with zero attached hydrogens (tertiary/aromatic N) is 4. The molecule has 1 aliphatic rings. The zero-order valence-corrected chi connectivity index (χ0v) is 11.7. The summed E-state index contributed by atoms with van der Waals surface area (Å²) in [6.07, 6.45) is 8.46. The van der Waals surface area contributed by atoms with E-state index in [1.165, 1.54) is 19.3 Å². The molecular formula is C12H15BrN4O. The average Bonchev–Trinajstić information content (AvgIpc) is 2.82. The predicted octanol–water partition coefficient (Wildman–Crippen LogP) is 2.19. The lowest BCUT2D eigenvalue weighted by Crippen LogP contribution is -2.17. The minimum atomic E-state index is -0.679. The second-order valence-corrected chi connectivity index (χ2v) is 5.54. The first-order valence-corrected chi connectivity index (χ1v) is 6.85. The van der Waals surface area contributed by atoms with Gasteiger partial charge in [-0.1, -0.05) is 0 Å². The maximum absolute atomic E-state index is 10.3. The van der Waals surface area contributed by atoms with Crippen LogP contribution in [0.4, 0.5) is 0 Å². The Morgan fingerprint density at radius 3 is 2.78 bits per heavy atom. The first-order valence-electron chi connectivity index (χ1n) is 6.06. The summed E-state index contributed by atoms with van der Waals surface area (Å²) >= 11 is 3.36. The van der Waals surface area contributed by atoms with E-state index < -0.39 is 6.10 Å². The van der Waals surface area contributed by atoms with Crippen LogP contribution in [0.15, 0.2) is 23.2 Å². The van der Waals surface area contributed by atoms with Crippen LogP contribution in [0.3, 0.4) is 0 Å². The highest BCUT2D eigenvalue weighted by Crippen LogP contribution is 2.33. The van der Waals surface area contributed by atoms with E-state index in [0.29, 0.717) is 10.6 Å². The van der Waals surface area contributed by atoms with E-state index in [4.69, 9.17) is 0 Å². The topological polar surface area (TPSA) is 55.9 Å². The van der Waals surface area contributed by atoms with Gasteiger partial charge in [0.15, 0.2) is 0 Å². The van der Waals surface area contributed by atoms with Gasteiger partial charge in [-0.05, 0) is 35.2 Å². The molecule has 6 heteroatoms. The van der Waals surface area contributed by atoms with Gasteiger partial charge in [-0.25, -0.2) is 0 Å². The van der Waals surface area contributed by atoms with E-state index >= 15 is 0 Å². The Morgan fingerprint density at radius 2 is 2.22 bits per heavy atom. The normalized spacial score (nSPS) is 17.7. The van der Waals surface area contributed by atoms with Crippen molar-refractivity contribution in [3.05, 3.63) is 34.3 Å². The number of rotatable bonds is 3. The number of hydrogen-bond donors (Lipinski definition) is 1. The predicted molar refractivity (Wildman–Crippen MR) is 70.1 cm³/mol. The van der Waals surface area contributed by atoms with E-state index in [1.807, 2.05) is 24.1 Å². The van der Waals surface area contributed by atoms with Crippen LogP contribution in [0, 0.1) is 0 Å². The molecule has 2 aromatic heterocycles. The summed E-state index contributed by atoms with van der Waals surface area (Å²) in [5.74, 6) is 0. The third-order valence-electron chi connectivity index (χ3n) is 3.49. The second-order valence-electron chi connectivity index (χ2n) is 4.79. The van der Waals surface area contributed by atoms with Crippen LogP contribution in [0.25, 0.3) is 0 Å². The van der Waals surface area contributed by atoms with Gasteiger partial charge in [0.25, 0.3) is 0 Å². The van der Waals surface area contributed by atoms with Crippen LogP contribution < -0.4 is 0 Å². The van der Waals surface area contributed by atoms with Crippen LogP contribution in [0.5, 0.6) is 0 Å². The highest BCUT2D eigenvalue weighted by atomic mass is 79.9. The van der Waals surface area contributed by atoms with Crippen molar-refractivity contribution in [1.82, 2.24) is 19.6 Å². The minimum absolute atomic E-state index is 0.517. The summed E-state index contributed by atoms with van der Waals surface area (Å²) in [7, 11) is 1.83. The molecule has 96 valence electrons. The Kier molecular flexibility index (Phi) is 2.99. The molecule has 2 heterocycles. The van der Waals surface area contributed by atoms with E-state index in [-0.39, 0.29) is 0 Å². The molecule has 1 atom stereocenters. The third kappa shape index (κ3) is 1.99. The molecule has 0 aliphatic heterocycles. The summed E-state index contributed by atoms with van der Waals surface area (Å²) in [6.45, 7) is 0. The summed E-state index contributed by atoms with van der Waals surface area (Å²) in [5, 5.41) is 18.8. The van der Waals surface area contributed by atoms with Crippen molar-refractivity contribution >= 4 is 15.9 Å². The van der Waals surface area contributed by atoms with Gasteiger partial charge in [-0.15, -0.1) is 0 Å². The number of aliphatic hydroxyl groups excluding tert-OH is 1. The zero-order valence-electron chi connectivity index (χ0n) is 10.1. The van der Waals surface area contributed by atoms with E-state index in [0.717, 1.165) is 11.1 Å². The number of aryl methyl sites for hydroxylation is 1. The fourth-order valence-electron chi connectivity index (χ4n) is 2.19. The molecule has 0 aromatic carbocycles. The molecule has 1 saturated carbocycles. The van der Waals surface area contributed by atoms with Crippen LogP contribution in [0.1, 0.15) is 42.5 Å². The SMILES string of the molecule is Cn1cc(C(O)c2cnn(C3CCC3)c2)c(Br)n1. The first kappa shape index (κ1) is 11.9. The maximum atomic E-state index is 10.3. The molecule has 0 bridgehead atoms. The third-order valence-corrected chi connectivity index (χ3v) is 4.11. The fourth-order valence-corrected chi connectivity index (χ4v) is 2.76. The first-order chi connectivity index (χ1) is 8.65. The lowest BCUT2D eigenvalue weighted by Gasteiger charge is -2.25. The quantitative estimate of drug-likeness (QED) is 0.945. The van der Waals surface area contributed by atoms with Gasteiger partial charge < -0.3 is 5.11 Å². The maximum Gasteiger partial charge on any atom is 0.134 e. The van der Waals surface area contributed by atoms with Crippen molar-refractivity contribution in [1.29, 1.82) is 0 Å². The van der Waals surface area contributed by atoms with Gasteiger partial charge >= 0.3 is 0 Å². The van der Waals surface area contributed by atoms with Crippen molar-refractivity contribution < 1.29 is 5.11 Å². The van der Waals surface area contributed by atoms with Gasteiger partial charge in [0, 0.05) is 30.6 Å². The summed E-state index contributed by atoms with van der Waals surface area (Å²) in [4.78, 5) is 0. The molecule has 0 saturated heterocycles. The van der Waals surface area contributed by atoms with Crippen LogP contribution in [-0.2, 0) is 7.05 Å². The summed E-state index contributed by atoms with van der Waals surface area (Å²) in [5.41, 5.74) is 1.58. The molecular weight excluding hydrogens is 296 g/mol. The molecule has 5 nitrogen and oxygen atoms in total. The van der Waals surface area contributed by atoms with Gasteiger partial charge in [0.2, 0.25) is 0 Å². The Morgan fingerprint density at radius 1 is 1.44 bits per heavy atom. The molecule has 1 N–H and O–H groups in total. The molecule has 1 fully saturated rings. The largest absolute Gasteiger partial charge is 0.383 e. The monoisotopic (exact) mass is 310 g/mol. The Balaban J connectivity index is 1.85. The lowest BCUT2D eigenvalue weighted by atomic mass is 9.93. The standard InChI is InChI=1S/C12H15BrN4O/c1-16-7-10(12(13)15-16)11(18)8-5-14-17(6-8)9-3-2-4-9/h5-7,9,11,18H,2-4H2,1H3. The fraction of sp³-hybridized carbons (Fsp3) is 0.500. The van der Waals surface area contributed by atoms with Gasteiger partial charge in [-0.3, -0.25) is 9.36 Å². The number of hydrogen-bond acceptors (Lipinski definition) is 3. The molecule has 3 rings (SSSR count). The van der Waals surface area contributed by atoms with Crippen molar-refractivity contribution in [2.24, 2.45) is 7.05 Å². The molecule has 18 heavy (non-hydrogen) atoms. The van der Waals surface area contributed by atoms with Gasteiger partial charge in [0.05, 0.1) is 12.2 Å². The van der Waals surface area contributed by atoms with E-state index in [2.05, 4.69) is 26.1 Å². The van der Waals surface area contributed by atoms with Crippen molar-refractivity contribution in [3.8, 4) is 0 Å². The van der Waals surface area contributed by atoms with Gasteiger partial charge in [0.1, 0.15) is 10.7 Å². The van der Waals surface area contributed by atoms with Crippen molar-refractivity contribution in [2.75, 3.05) is 0 Å². The lowest BCUT2D eigenvalue weighted by molar-refractivity contribution is 0.218. The molecule has 1 unspecified atom stereocenters. The van der Waals surface area contributed by atoms with Crippen LogP contribution in [-0.4, -0.2) is 24.7 Å². The average molecular weight is 311 g/mol. The van der Waals surface area contributed by atoms with E-state index in [1.54, 1.807) is 10.9 Å². The molecule has 0 amide bonds. The number of aromatic nitrogens is 4. The smallest absolute Gasteiger partial charge is 0.134 e. The Hall–Kier alpha value is -1.14. The molecule has 2 aromatic rings.